The van der Waals surface area contributed by atoms with Crippen LogP contribution in [0, 0.1) is 83.7 Å². The fraction of sp³-hybridized carbons (Fsp3) is 0.769. The van der Waals surface area contributed by atoms with Crippen LogP contribution in [-0.2, 0) is 48.6 Å². The molecule has 0 aromatic carbocycles. The van der Waals surface area contributed by atoms with Crippen molar-refractivity contribution in [1.29, 1.82) is 7.81 Å². The van der Waals surface area contributed by atoms with Crippen LogP contribution in [0.1, 0.15) is 105 Å². The van der Waals surface area contributed by atoms with Crippen LogP contribution in [0.2, 0.25) is 2.82 Å². The van der Waals surface area contributed by atoms with E-state index in [4.69, 9.17) is 2.82 Å². The van der Waals surface area contributed by atoms with Gasteiger partial charge in [-0.1, -0.05) is 39.8 Å². The summed E-state index contributed by atoms with van der Waals surface area (Å²) in [5.74, 6) is 3.36. The standard InChI is InChI=1S/C20H28NO2.C19H27NO3.2HI.H2N.2HN.2W/c1-12(22)14-5-6-15-13-4-7-17-20(3,11-9-18(23)21-17)16(13)8-10-19(14,15)2;1-18-9-7-13-11(12(18)4-5-14(18)17(22)23)3-6-15-19(13,2)10-8-16(21)20-15;;;;;;;/h9,11,13-17H,1,4-8,10H2,2-3H3,(H,21,23);8,10-15H,3-7,9H2,1-2H3,(H,20,21)(H,22,23);2*1H;1H2;2*1H;;/q-1;;;;-1;;;2*+1/p-2/t13-,14+,15+,16+,17-,19+,20+;11-,12+,13+,14+,15-,18-,19+;;;;;;;/m00......./s1/i;;;;;2*1T;;. The summed E-state index contributed by atoms with van der Waals surface area (Å²) in [6.07, 6.45) is 20.7. The van der Waals surface area contributed by atoms with Crippen molar-refractivity contribution in [1.82, 2.24) is 10.6 Å². The number of carboxylic acids is 1. The first-order valence-corrected chi connectivity index (χ1v) is 38.2. The van der Waals surface area contributed by atoms with E-state index in [9.17, 15) is 24.3 Å². The Morgan fingerprint density at radius 2 is 1.13 bits per heavy atom. The van der Waals surface area contributed by atoms with Gasteiger partial charge in [0.1, 0.15) is 0 Å². The summed E-state index contributed by atoms with van der Waals surface area (Å²) in [5.41, 5.74) is 0.257. The summed E-state index contributed by atoms with van der Waals surface area (Å²) in [7, 11) is 0. The molecule has 0 aromatic heterocycles. The average Bonchev–Trinajstić information content (AvgIpc) is 3.70. The van der Waals surface area contributed by atoms with Crippen molar-refractivity contribution in [3.63, 3.8) is 0 Å². The third kappa shape index (κ3) is 8.39. The summed E-state index contributed by atoms with van der Waals surface area (Å²) >= 11 is 3.34. The van der Waals surface area contributed by atoms with Gasteiger partial charge in [0, 0.05) is 22.9 Å². The number of hydrogen-bond acceptors (Lipinski definition) is 6. The van der Waals surface area contributed by atoms with Crippen LogP contribution < -0.4 is 10.6 Å². The molecule has 53 heavy (non-hydrogen) atoms. The predicted molar refractivity (Wildman–Crippen MR) is 215 cm³/mol. The van der Waals surface area contributed by atoms with Crippen LogP contribution in [0.25, 0.3) is 6.15 Å². The Morgan fingerprint density at radius 1 is 0.736 bits per heavy atom. The largest absolute Gasteiger partial charge is 0.693 e. The van der Waals surface area contributed by atoms with E-state index in [0.717, 1.165) is 57.8 Å². The van der Waals surface area contributed by atoms with Crippen molar-refractivity contribution in [3.05, 3.63) is 37.4 Å². The maximum Gasteiger partial charge on any atom is 0.243 e. The third-order valence-corrected chi connectivity index (χ3v) is 16.1. The second-order valence-electron chi connectivity index (χ2n) is 17.7. The average molecular weight is 1300 g/mol. The first-order valence-electron chi connectivity index (χ1n) is 19.9. The van der Waals surface area contributed by atoms with Gasteiger partial charge >= 0.3 is 84.7 Å². The van der Waals surface area contributed by atoms with Crippen LogP contribution in [0.4, 0.5) is 0 Å². The molecule has 0 aromatic rings. The maximum absolute atomic E-state index is 12.0. The van der Waals surface area contributed by atoms with Gasteiger partial charge in [-0.25, -0.2) is 0 Å². The van der Waals surface area contributed by atoms with Crippen molar-refractivity contribution in [2.75, 3.05) is 0 Å². The predicted octanol–water partition coefficient (Wildman–Crippen LogP) is 9.37. The third-order valence-electron chi connectivity index (χ3n) is 16.1. The molecule has 0 unspecified atom stereocenters. The van der Waals surface area contributed by atoms with E-state index in [1.807, 2.05) is 0 Å². The Kier molecular flexibility index (Phi) is 14.6. The summed E-state index contributed by atoms with van der Waals surface area (Å²) in [5, 5.41) is 16.0. The second kappa shape index (κ2) is 18.2. The summed E-state index contributed by atoms with van der Waals surface area (Å²) in [4.78, 5) is 47.2. The van der Waals surface area contributed by atoms with Gasteiger partial charge in [0.25, 0.3) is 0 Å². The Morgan fingerprint density at radius 3 is 1.51 bits per heavy atom. The van der Waals surface area contributed by atoms with E-state index >= 15 is 0 Å². The molecule has 2 amide bonds. The van der Waals surface area contributed by atoms with E-state index in [1.165, 1.54) is 19.3 Å². The van der Waals surface area contributed by atoms with Gasteiger partial charge in [0.2, 0.25) is 11.8 Å². The number of ketones is 1. The molecule has 7 N–H and O–H groups in total. The Labute approximate surface area is 357 Å². The minimum atomic E-state index is -0.599. The van der Waals surface area contributed by atoms with E-state index < -0.39 is 35.4 Å². The van der Waals surface area contributed by atoms with E-state index in [2.05, 4.69) is 104 Å². The number of fused-ring (bicyclic) bond motifs is 10. The molecule has 0 bridgehead atoms. The Balaban J connectivity index is 0.000000202. The zero-order chi connectivity index (χ0) is 39.6. The molecule has 8 aliphatic rings. The minimum Gasteiger partial charge on any atom is -0.693 e. The van der Waals surface area contributed by atoms with Crippen LogP contribution in [-0.4, -0.2) is 40.8 Å². The summed E-state index contributed by atoms with van der Waals surface area (Å²) in [6, 6.07) is 0.541. The number of carboxylic acid groups (broad SMARTS) is 1. The summed E-state index contributed by atoms with van der Waals surface area (Å²) in [6.45, 7) is 13.0. The SMILES string of the molecule is C[C@]12C=CC(=O)N[C@H]1CC[C@@H]1[C@H]2CC[C@]2(C)[C@@H](C(=O)O)CC[C@H]12.[3H][N]=[W][I].[3H][N]=[W][I].[CH2-]C(=O)[C@H]1CC[C@@H]2[C@@H]3CC[C@@H]4NC(=O)C=C[C@]4(C)[C@@H]3CC[C@]12C.[NH2-]. The number of amides is 2. The van der Waals surface area contributed by atoms with Gasteiger partial charge in [-0.2, -0.15) is 0 Å². The molecule has 0 radical (unpaired) electrons. The molecular weight excluding hydrogens is 1240 g/mol. The number of hydrogen-bond donors (Lipinski definition) is 5. The molecular formula is C39H59I2N5O5W2-2. The van der Waals surface area contributed by atoms with Gasteiger partial charge in [-0.3, -0.25) is 14.4 Å². The van der Waals surface area contributed by atoms with Crippen molar-refractivity contribution in [2.45, 2.75) is 117 Å². The van der Waals surface area contributed by atoms with Crippen molar-refractivity contribution in [2.24, 2.45) is 69.0 Å². The summed E-state index contributed by atoms with van der Waals surface area (Å²) < 4.78 is 18.6. The number of nitrogens with one attached hydrogen (secondary N) is 4. The van der Waals surface area contributed by atoms with Crippen molar-refractivity contribution in [3.8, 4) is 0 Å². The van der Waals surface area contributed by atoms with Gasteiger partial charge in [0.15, 0.2) is 0 Å². The van der Waals surface area contributed by atoms with Gasteiger partial charge in [-0.15, -0.1) is 0 Å². The number of nitrogens with two attached hydrogens (primary N) is 1. The monoisotopic (exact) mass is 1300 g/mol. The van der Waals surface area contributed by atoms with Crippen LogP contribution in [0.5, 0.6) is 0 Å². The number of carbonyl (C=O) groups is 4. The molecule has 2 aliphatic heterocycles. The maximum atomic E-state index is 12.0. The van der Waals surface area contributed by atoms with Gasteiger partial charge in [-0.05, 0) is 147 Å². The molecule has 0 spiro atoms. The molecule has 6 saturated carbocycles. The smallest absolute Gasteiger partial charge is 0.243 e. The number of carbonyl (C=O) groups excluding carboxylic acids is 3. The molecule has 6 aliphatic carbocycles. The van der Waals surface area contributed by atoms with E-state index in [1.54, 1.807) is 12.2 Å². The van der Waals surface area contributed by atoms with E-state index in [-0.39, 0.29) is 69.3 Å². The number of rotatable bonds is 2. The minimum absolute atomic E-state index is 0. The zero-order valence-corrected chi connectivity index (χ0v) is 41.6. The molecule has 8 rings (SSSR count). The van der Waals surface area contributed by atoms with Crippen LogP contribution >= 0.6 is 38.7 Å². The molecule has 298 valence electrons. The van der Waals surface area contributed by atoms with Crippen LogP contribution in [0.15, 0.2) is 24.3 Å². The number of halogens is 2. The number of Topliss-reactive ketones (excluding diaryl/α,β-unsaturated/α-hetero) is 1. The molecule has 2 heterocycles. The Hall–Kier alpha value is -0.173. The van der Waals surface area contributed by atoms with Gasteiger partial charge < -0.3 is 33.6 Å². The topological polar surface area (TPSA) is 194 Å². The fourth-order valence-electron chi connectivity index (χ4n) is 13.6. The normalized spacial score (nSPS) is 46.1. The quantitative estimate of drug-likeness (QED) is 0.136. The molecule has 14 atom stereocenters. The van der Waals surface area contributed by atoms with Crippen molar-refractivity contribution >= 4 is 62.3 Å². The van der Waals surface area contributed by atoms with Crippen molar-refractivity contribution < 1.29 is 56.5 Å². The zero-order valence-electron chi connectivity index (χ0n) is 33.4. The first kappa shape index (κ1) is 42.4. The molecule has 0 saturated heterocycles. The number of aliphatic carboxylic acids is 1. The molecule has 14 heteroatoms. The van der Waals surface area contributed by atoms with Gasteiger partial charge in [0.05, 0.1) is 5.92 Å². The van der Waals surface area contributed by atoms with E-state index in [0.29, 0.717) is 35.5 Å². The molecule has 10 nitrogen and oxygen atoms in total. The fourth-order valence-corrected chi connectivity index (χ4v) is 13.6. The Bertz CT molecular complexity index is 1460. The second-order valence-corrected chi connectivity index (χ2v) is 25.2. The van der Waals surface area contributed by atoms with Crippen LogP contribution in [0.3, 0.4) is 0 Å². The molecule has 6 fully saturated rings. The first-order chi connectivity index (χ1) is 25.5.